The fraction of sp³-hybridized carbons (Fsp3) is 0.500. The van der Waals surface area contributed by atoms with Gasteiger partial charge >= 0.3 is 0 Å². The van der Waals surface area contributed by atoms with Crippen molar-refractivity contribution in [2.24, 2.45) is 0 Å². The zero-order valence-corrected chi connectivity index (χ0v) is 14.1. The highest BCUT2D eigenvalue weighted by molar-refractivity contribution is 5.86. The van der Waals surface area contributed by atoms with Crippen molar-refractivity contribution in [3.8, 4) is 6.07 Å². The van der Waals surface area contributed by atoms with Crippen LogP contribution in [0.2, 0.25) is 0 Å². The van der Waals surface area contributed by atoms with Gasteiger partial charge in [-0.1, -0.05) is 12.1 Å². The van der Waals surface area contributed by atoms with Gasteiger partial charge in [0.15, 0.2) is 0 Å². The number of nitriles is 1. The van der Waals surface area contributed by atoms with Crippen molar-refractivity contribution in [2.75, 3.05) is 27.2 Å². The van der Waals surface area contributed by atoms with Gasteiger partial charge in [0.05, 0.1) is 11.6 Å². The van der Waals surface area contributed by atoms with Crippen LogP contribution in [0.15, 0.2) is 24.3 Å². The zero-order valence-electron chi connectivity index (χ0n) is 14.1. The van der Waals surface area contributed by atoms with Gasteiger partial charge in [-0.05, 0) is 24.1 Å². The highest BCUT2D eigenvalue weighted by Crippen LogP contribution is 2.33. The number of nitrogens with zero attached hydrogens (tertiary/aromatic N) is 4. The van der Waals surface area contributed by atoms with E-state index in [0.29, 0.717) is 12.0 Å². The molecule has 6 heteroatoms. The fourth-order valence-electron chi connectivity index (χ4n) is 3.67. The number of likely N-dealkylation sites (tertiary alicyclic amines) is 2. The molecule has 2 atom stereocenters. The number of carbonyl (C=O) groups is 2. The Morgan fingerprint density at radius 2 is 2.17 bits per heavy atom. The number of amides is 2. The maximum Gasteiger partial charge on any atom is 0.241 e. The fourth-order valence-corrected chi connectivity index (χ4v) is 3.67. The Balaban J connectivity index is 1.69. The smallest absolute Gasteiger partial charge is 0.241 e. The second-order valence-corrected chi connectivity index (χ2v) is 6.72. The summed E-state index contributed by atoms with van der Waals surface area (Å²) in [6.07, 6.45) is 1.37. The van der Waals surface area contributed by atoms with E-state index in [1.807, 2.05) is 18.2 Å². The second-order valence-electron chi connectivity index (χ2n) is 6.72. The van der Waals surface area contributed by atoms with Crippen molar-refractivity contribution in [3.63, 3.8) is 0 Å². The van der Waals surface area contributed by atoms with Crippen molar-refractivity contribution in [2.45, 2.75) is 31.5 Å². The van der Waals surface area contributed by atoms with Gasteiger partial charge in [-0.2, -0.15) is 5.26 Å². The predicted molar refractivity (Wildman–Crippen MR) is 88.8 cm³/mol. The van der Waals surface area contributed by atoms with Crippen LogP contribution in [0.4, 0.5) is 0 Å². The Bertz CT molecular complexity index is 695. The first-order valence-corrected chi connectivity index (χ1v) is 8.22. The summed E-state index contributed by atoms with van der Waals surface area (Å²) in [5.74, 6) is 0.0276. The summed E-state index contributed by atoms with van der Waals surface area (Å²) in [6.45, 7) is 1.82. The van der Waals surface area contributed by atoms with Crippen LogP contribution in [0.1, 0.15) is 24.0 Å². The van der Waals surface area contributed by atoms with Crippen molar-refractivity contribution < 1.29 is 9.59 Å². The lowest BCUT2D eigenvalue weighted by Gasteiger charge is -2.26. The van der Waals surface area contributed by atoms with Crippen LogP contribution >= 0.6 is 0 Å². The standard InChI is InChI=1S/C18H22N4O2/c1-20(2)18(24)12-22-15-6-7-21(16(15)9-17(22)23)11-14-5-3-4-13(8-14)10-19/h3-5,8,15-16H,6-7,9,11-12H2,1-2H3/t15-,16+/m1/s1. The van der Waals surface area contributed by atoms with E-state index in [-0.39, 0.29) is 30.4 Å². The minimum Gasteiger partial charge on any atom is -0.347 e. The topological polar surface area (TPSA) is 67.7 Å². The molecule has 2 aliphatic rings. The van der Waals surface area contributed by atoms with Crippen LogP contribution in [-0.2, 0) is 16.1 Å². The molecule has 0 spiro atoms. The molecule has 3 rings (SSSR count). The molecule has 2 heterocycles. The van der Waals surface area contributed by atoms with Gasteiger partial charge in [0.1, 0.15) is 6.54 Å². The maximum absolute atomic E-state index is 12.3. The van der Waals surface area contributed by atoms with Crippen LogP contribution in [-0.4, -0.2) is 65.8 Å². The number of likely N-dealkylation sites (N-methyl/N-ethyl adjacent to an activating group) is 1. The minimum atomic E-state index is -0.0378. The molecular weight excluding hydrogens is 304 g/mol. The number of rotatable bonds is 4. The molecule has 1 aromatic rings. The lowest BCUT2D eigenvalue weighted by Crippen LogP contribution is -2.43. The van der Waals surface area contributed by atoms with Crippen molar-refractivity contribution >= 4 is 11.8 Å². The average molecular weight is 326 g/mol. The van der Waals surface area contributed by atoms with E-state index < -0.39 is 0 Å². The molecule has 2 fully saturated rings. The van der Waals surface area contributed by atoms with Gasteiger partial charge < -0.3 is 9.80 Å². The zero-order chi connectivity index (χ0) is 17.3. The average Bonchev–Trinajstić information content (AvgIpc) is 3.08. The van der Waals surface area contributed by atoms with E-state index in [4.69, 9.17) is 5.26 Å². The number of hydrogen-bond acceptors (Lipinski definition) is 4. The van der Waals surface area contributed by atoms with E-state index >= 15 is 0 Å². The van der Waals surface area contributed by atoms with Crippen LogP contribution < -0.4 is 0 Å². The Kier molecular flexibility index (Phi) is 4.54. The molecule has 6 nitrogen and oxygen atoms in total. The predicted octanol–water partition coefficient (Wildman–Crippen LogP) is 0.822. The van der Waals surface area contributed by atoms with E-state index in [1.165, 1.54) is 4.90 Å². The summed E-state index contributed by atoms with van der Waals surface area (Å²) in [7, 11) is 3.42. The largest absolute Gasteiger partial charge is 0.347 e. The molecule has 0 unspecified atom stereocenters. The molecular formula is C18H22N4O2. The summed E-state index contributed by atoms with van der Waals surface area (Å²) < 4.78 is 0. The molecule has 2 amide bonds. The molecule has 0 N–H and O–H groups in total. The van der Waals surface area contributed by atoms with E-state index in [1.54, 1.807) is 25.1 Å². The van der Waals surface area contributed by atoms with E-state index in [2.05, 4.69) is 11.0 Å². The highest BCUT2D eigenvalue weighted by Gasteiger charge is 2.47. The van der Waals surface area contributed by atoms with Gasteiger partial charge in [-0.3, -0.25) is 14.5 Å². The molecule has 0 bridgehead atoms. The normalized spacial score (nSPS) is 23.2. The molecule has 0 saturated carbocycles. The molecule has 24 heavy (non-hydrogen) atoms. The third-order valence-electron chi connectivity index (χ3n) is 4.98. The number of benzene rings is 1. The third-order valence-corrected chi connectivity index (χ3v) is 4.98. The summed E-state index contributed by atoms with van der Waals surface area (Å²) in [5, 5.41) is 9.02. The van der Waals surface area contributed by atoms with Gasteiger partial charge in [0.2, 0.25) is 11.8 Å². The Morgan fingerprint density at radius 1 is 1.38 bits per heavy atom. The molecule has 0 aliphatic carbocycles. The van der Waals surface area contributed by atoms with Gasteiger partial charge in [-0.15, -0.1) is 0 Å². The Hall–Kier alpha value is -2.39. The minimum absolute atomic E-state index is 0.0378. The molecule has 1 aromatic carbocycles. The van der Waals surface area contributed by atoms with Crippen LogP contribution in [0.3, 0.4) is 0 Å². The molecule has 2 saturated heterocycles. The number of fused-ring (bicyclic) bond motifs is 1. The monoisotopic (exact) mass is 326 g/mol. The summed E-state index contributed by atoms with van der Waals surface area (Å²) in [4.78, 5) is 29.9. The Morgan fingerprint density at radius 3 is 2.88 bits per heavy atom. The highest BCUT2D eigenvalue weighted by atomic mass is 16.2. The summed E-state index contributed by atoms with van der Waals surface area (Å²) >= 11 is 0. The van der Waals surface area contributed by atoms with Crippen molar-refractivity contribution in [1.29, 1.82) is 5.26 Å². The first kappa shape index (κ1) is 16.5. The first-order chi connectivity index (χ1) is 11.5. The van der Waals surface area contributed by atoms with Crippen LogP contribution in [0.25, 0.3) is 0 Å². The molecule has 126 valence electrons. The quantitative estimate of drug-likeness (QED) is 0.822. The van der Waals surface area contributed by atoms with Crippen molar-refractivity contribution in [1.82, 2.24) is 14.7 Å². The summed E-state index contributed by atoms with van der Waals surface area (Å²) in [6, 6.07) is 10.1. The lowest BCUT2D eigenvalue weighted by molar-refractivity contribution is -0.138. The van der Waals surface area contributed by atoms with Gasteiger partial charge in [0.25, 0.3) is 0 Å². The van der Waals surface area contributed by atoms with Gasteiger partial charge in [0, 0.05) is 45.7 Å². The Labute approximate surface area is 142 Å². The first-order valence-electron chi connectivity index (χ1n) is 8.22. The van der Waals surface area contributed by atoms with Crippen LogP contribution in [0, 0.1) is 11.3 Å². The van der Waals surface area contributed by atoms with E-state index in [0.717, 1.165) is 25.1 Å². The SMILES string of the molecule is CN(C)C(=O)CN1C(=O)C[C@H]2[C@H]1CCN2Cc1cccc(C#N)c1. The second kappa shape index (κ2) is 6.62. The van der Waals surface area contributed by atoms with E-state index in [9.17, 15) is 9.59 Å². The van der Waals surface area contributed by atoms with Crippen molar-refractivity contribution in [3.05, 3.63) is 35.4 Å². The number of hydrogen-bond donors (Lipinski definition) is 0. The third kappa shape index (κ3) is 3.13. The van der Waals surface area contributed by atoms with Gasteiger partial charge in [-0.25, -0.2) is 0 Å². The van der Waals surface area contributed by atoms with Crippen LogP contribution in [0.5, 0.6) is 0 Å². The molecule has 0 radical (unpaired) electrons. The molecule has 2 aliphatic heterocycles. The molecule has 0 aromatic heterocycles. The number of carbonyl (C=O) groups excluding carboxylic acids is 2. The maximum atomic E-state index is 12.3. The lowest BCUT2D eigenvalue weighted by atomic mass is 10.1. The summed E-state index contributed by atoms with van der Waals surface area (Å²) in [5.41, 5.74) is 1.74.